The van der Waals surface area contributed by atoms with Crippen molar-refractivity contribution in [3.63, 3.8) is 0 Å². The summed E-state index contributed by atoms with van der Waals surface area (Å²) in [4.78, 5) is 4.66. The highest BCUT2D eigenvalue weighted by Crippen LogP contribution is 2.35. The third-order valence-corrected chi connectivity index (χ3v) is 7.31. The van der Waals surface area contributed by atoms with Crippen molar-refractivity contribution < 1.29 is 4.52 Å². The number of rotatable bonds is 11. The van der Waals surface area contributed by atoms with E-state index < -0.39 is 0 Å². The second-order valence-electron chi connectivity index (χ2n) is 10.3. The maximum absolute atomic E-state index is 5.97. The average Bonchev–Trinajstić information content (AvgIpc) is 3.55. The highest BCUT2D eigenvalue weighted by Gasteiger charge is 2.24. The molecule has 33 heavy (non-hydrogen) atoms. The minimum atomic E-state index is 0.749. The molecule has 1 aliphatic carbocycles. The first-order valence-electron chi connectivity index (χ1n) is 12.8. The summed E-state index contributed by atoms with van der Waals surface area (Å²) >= 11 is 0. The number of likely N-dealkylation sites (tertiary alicyclic amines) is 1. The Morgan fingerprint density at radius 3 is 2.52 bits per heavy atom. The number of allylic oxidation sites excluding steroid dienone is 4. The van der Waals surface area contributed by atoms with E-state index in [2.05, 4.69) is 66.0 Å². The lowest BCUT2D eigenvalue weighted by molar-refractivity contribution is 0.224. The van der Waals surface area contributed by atoms with Gasteiger partial charge in [0.25, 0.3) is 0 Å². The molecule has 178 valence electrons. The van der Waals surface area contributed by atoms with Crippen LogP contribution < -0.4 is 0 Å². The smallest absolute Gasteiger partial charge is 0.171 e. The standard InChI is InChI=1S/C29H41N3O/c1-5-6-7-8-22(2)32-19-17-24(18-20-32)12-16-28-26-15-14-25(13-11-23-9-10-23)27(21-31(3)4)29(26)33-30-28/h5-8,14-15,23-24H,2,9-13,16-21H2,1,3-4H3/b6-5-,8-7-. The average molecular weight is 448 g/mol. The second kappa shape index (κ2) is 11.2. The number of benzene rings is 1. The van der Waals surface area contributed by atoms with Gasteiger partial charge in [-0.2, -0.15) is 0 Å². The minimum Gasteiger partial charge on any atom is -0.372 e. The highest BCUT2D eigenvalue weighted by atomic mass is 16.5. The molecule has 1 aromatic carbocycles. The van der Waals surface area contributed by atoms with Crippen molar-refractivity contribution in [1.29, 1.82) is 0 Å². The van der Waals surface area contributed by atoms with Gasteiger partial charge in [-0.15, -0.1) is 0 Å². The summed E-state index contributed by atoms with van der Waals surface area (Å²) in [6.07, 6.45) is 18.2. The SMILES string of the molecule is C=C(/C=C\C=C/C)N1CCC(CCc2noc3c(CN(C)C)c(CCC4CC4)ccc23)CC1. The zero-order valence-corrected chi connectivity index (χ0v) is 20.9. The van der Waals surface area contributed by atoms with Crippen LogP contribution in [0.5, 0.6) is 0 Å². The molecule has 4 rings (SSSR count). The number of piperidine rings is 1. The van der Waals surface area contributed by atoms with Gasteiger partial charge in [0.15, 0.2) is 5.58 Å². The van der Waals surface area contributed by atoms with E-state index in [1.807, 2.05) is 13.0 Å². The fourth-order valence-electron chi connectivity index (χ4n) is 5.05. The molecule has 0 N–H and O–H groups in total. The fraction of sp³-hybridized carbons (Fsp3) is 0.552. The molecule has 4 nitrogen and oxygen atoms in total. The molecule has 2 aliphatic rings. The Labute approximate surface area is 200 Å². The fourth-order valence-corrected chi connectivity index (χ4v) is 5.05. The Balaban J connectivity index is 1.36. The van der Waals surface area contributed by atoms with Crippen molar-refractivity contribution >= 4 is 11.0 Å². The van der Waals surface area contributed by atoms with Gasteiger partial charge in [0.2, 0.25) is 0 Å². The molecule has 4 heteroatoms. The number of hydrogen-bond acceptors (Lipinski definition) is 4. The number of aromatic nitrogens is 1. The summed E-state index contributed by atoms with van der Waals surface area (Å²) < 4.78 is 5.97. The van der Waals surface area contributed by atoms with Gasteiger partial charge in [-0.25, -0.2) is 0 Å². The first-order chi connectivity index (χ1) is 16.0. The Bertz CT molecular complexity index is 988. The van der Waals surface area contributed by atoms with Crippen LogP contribution in [0.2, 0.25) is 0 Å². The summed E-state index contributed by atoms with van der Waals surface area (Å²) in [5.74, 6) is 1.70. The second-order valence-corrected chi connectivity index (χ2v) is 10.3. The molecule has 2 heterocycles. The van der Waals surface area contributed by atoms with Crippen molar-refractivity contribution in [2.24, 2.45) is 11.8 Å². The quantitative estimate of drug-likeness (QED) is 0.367. The van der Waals surface area contributed by atoms with E-state index in [4.69, 9.17) is 4.52 Å². The third kappa shape index (κ3) is 6.38. The predicted octanol–water partition coefficient (Wildman–Crippen LogP) is 6.52. The van der Waals surface area contributed by atoms with Crippen LogP contribution in [0.1, 0.15) is 62.3 Å². The Morgan fingerprint density at radius 1 is 1.09 bits per heavy atom. The number of aryl methyl sites for hydroxylation is 2. The highest BCUT2D eigenvalue weighted by molar-refractivity contribution is 5.83. The van der Waals surface area contributed by atoms with Crippen LogP contribution in [-0.2, 0) is 19.4 Å². The molecule has 0 spiro atoms. The number of nitrogens with zero attached hydrogens (tertiary/aromatic N) is 3. The molecule has 0 bridgehead atoms. The van der Waals surface area contributed by atoms with Gasteiger partial charge in [-0.3, -0.25) is 0 Å². The van der Waals surface area contributed by atoms with E-state index in [0.29, 0.717) is 0 Å². The van der Waals surface area contributed by atoms with Crippen LogP contribution in [-0.4, -0.2) is 42.1 Å². The molecule has 0 amide bonds. The largest absolute Gasteiger partial charge is 0.372 e. The monoisotopic (exact) mass is 447 g/mol. The summed E-state index contributed by atoms with van der Waals surface area (Å²) in [5.41, 5.74) is 6.07. The van der Waals surface area contributed by atoms with Gasteiger partial charge in [-0.1, -0.05) is 48.9 Å². The summed E-state index contributed by atoms with van der Waals surface area (Å²) in [7, 11) is 4.27. The van der Waals surface area contributed by atoms with E-state index in [-0.39, 0.29) is 0 Å². The zero-order valence-electron chi connectivity index (χ0n) is 20.9. The first-order valence-corrected chi connectivity index (χ1v) is 12.8. The van der Waals surface area contributed by atoms with Crippen molar-refractivity contribution in [1.82, 2.24) is 15.0 Å². The summed E-state index contributed by atoms with van der Waals surface area (Å²) in [6, 6.07) is 4.61. The molecular weight excluding hydrogens is 406 g/mol. The van der Waals surface area contributed by atoms with E-state index in [0.717, 1.165) is 61.3 Å². The van der Waals surface area contributed by atoms with Crippen LogP contribution in [0, 0.1) is 11.8 Å². The molecule has 2 aromatic rings. The van der Waals surface area contributed by atoms with Crippen molar-refractivity contribution in [3.05, 3.63) is 65.5 Å². The molecule has 0 atom stereocenters. The maximum atomic E-state index is 5.97. The van der Waals surface area contributed by atoms with E-state index in [1.165, 1.54) is 55.0 Å². The lowest BCUT2D eigenvalue weighted by Gasteiger charge is -2.33. The van der Waals surface area contributed by atoms with Gasteiger partial charge in [0.05, 0.1) is 5.69 Å². The molecular formula is C29H41N3O. The Kier molecular flexibility index (Phi) is 8.08. The van der Waals surface area contributed by atoms with Crippen molar-refractivity contribution in [2.75, 3.05) is 27.2 Å². The summed E-state index contributed by atoms with van der Waals surface area (Å²) in [6.45, 7) is 9.38. The minimum absolute atomic E-state index is 0.749. The molecule has 2 fully saturated rings. The zero-order chi connectivity index (χ0) is 23.2. The van der Waals surface area contributed by atoms with Gasteiger partial charge in [0.1, 0.15) is 0 Å². The van der Waals surface area contributed by atoms with Crippen LogP contribution >= 0.6 is 0 Å². The van der Waals surface area contributed by atoms with E-state index in [1.54, 1.807) is 0 Å². The van der Waals surface area contributed by atoms with Gasteiger partial charge >= 0.3 is 0 Å². The number of hydrogen-bond donors (Lipinski definition) is 0. The Morgan fingerprint density at radius 2 is 1.82 bits per heavy atom. The molecule has 0 unspecified atom stereocenters. The van der Waals surface area contributed by atoms with Crippen LogP contribution in [0.25, 0.3) is 11.0 Å². The van der Waals surface area contributed by atoms with Crippen molar-refractivity contribution in [2.45, 2.75) is 64.8 Å². The summed E-state index contributed by atoms with van der Waals surface area (Å²) in [5, 5.41) is 5.77. The molecule has 1 saturated carbocycles. The van der Waals surface area contributed by atoms with Gasteiger partial charge in [-0.05, 0) is 89.1 Å². The van der Waals surface area contributed by atoms with Crippen LogP contribution in [0.15, 0.2) is 53.2 Å². The first kappa shape index (κ1) is 23.8. The van der Waals surface area contributed by atoms with Crippen molar-refractivity contribution in [3.8, 4) is 0 Å². The molecule has 0 radical (unpaired) electrons. The lowest BCUT2D eigenvalue weighted by atomic mass is 9.90. The maximum Gasteiger partial charge on any atom is 0.171 e. The van der Waals surface area contributed by atoms with E-state index >= 15 is 0 Å². The van der Waals surface area contributed by atoms with Gasteiger partial charge < -0.3 is 14.3 Å². The molecule has 1 saturated heterocycles. The molecule has 1 aromatic heterocycles. The lowest BCUT2D eigenvalue weighted by Crippen LogP contribution is -2.32. The van der Waals surface area contributed by atoms with Crippen LogP contribution in [0.3, 0.4) is 0 Å². The topological polar surface area (TPSA) is 32.5 Å². The normalized spacial score (nSPS) is 17.9. The van der Waals surface area contributed by atoms with Gasteiger partial charge in [0, 0.05) is 36.3 Å². The predicted molar refractivity (Wildman–Crippen MR) is 138 cm³/mol. The van der Waals surface area contributed by atoms with Crippen LogP contribution in [0.4, 0.5) is 0 Å². The third-order valence-electron chi connectivity index (χ3n) is 7.31. The molecule has 1 aliphatic heterocycles. The number of fused-ring (bicyclic) bond motifs is 1. The Hall–Kier alpha value is -2.33. The van der Waals surface area contributed by atoms with E-state index in [9.17, 15) is 0 Å².